The molecule has 2 amide bonds. The molecule has 2 N–H and O–H groups in total. The van der Waals surface area contributed by atoms with Gasteiger partial charge in [0.2, 0.25) is 10.0 Å². The lowest BCUT2D eigenvalue weighted by molar-refractivity contribution is -0.139. The molecule has 0 saturated carbocycles. The molecule has 0 radical (unpaired) electrons. The second kappa shape index (κ2) is 7.53. The van der Waals surface area contributed by atoms with Crippen molar-refractivity contribution in [3.8, 4) is 0 Å². The molecule has 0 fully saturated rings. The summed E-state index contributed by atoms with van der Waals surface area (Å²) in [5.41, 5.74) is 1.36. The molecular weight excluding hydrogens is 384 g/mol. The van der Waals surface area contributed by atoms with Gasteiger partial charge in [-0.25, -0.2) is 8.42 Å². The van der Waals surface area contributed by atoms with E-state index in [2.05, 4.69) is 4.72 Å². The third-order valence-electron chi connectivity index (χ3n) is 4.45. The average molecular weight is 402 g/mol. The van der Waals surface area contributed by atoms with Gasteiger partial charge in [0.15, 0.2) is 0 Å². The lowest BCUT2D eigenvalue weighted by Gasteiger charge is -2.19. The maximum atomic E-state index is 12.4. The van der Waals surface area contributed by atoms with Crippen LogP contribution in [-0.2, 0) is 14.8 Å². The number of benzene rings is 2. The molecule has 0 spiro atoms. The summed E-state index contributed by atoms with van der Waals surface area (Å²) in [6, 6.07) is 10.8. The zero-order valence-corrected chi connectivity index (χ0v) is 15.8. The smallest absolute Gasteiger partial charge is 0.321 e. The van der Waals surface area contributed by atoms with E-state index in [0.29, 0.717) is 0 Å². The van der Waals surface area contributed by atoms with Gasteiger partial charge in [-0.05, 0) is 37.6 Å². The highest BCUT2D eigenvalue weighted by Gasteiger charge is 2.36. The quantitative estimate of drug-likeness (QED) is 0.676. The summed E-state index contributed by atoms with van der Waals surface area (Å²) in [6.45, 7) is 1.58. The molecule has 28 heavy (non-hydrogen) atoms. The number of rotatable bonds is 7. The minimum atomic E-state index is -4.07. The van der Waals surface area contributed by atoms with Gasteiger partial charge in [0, 0.05) is 6.54 Å². The number of nitrogens with one attached hydrogen (secondary N) is 1. The number of sulfonamides is 1. The summed E-state index contributed by atoms with van der Waals surface area (Å²) in [4.78, 5) is 37.1. The van der Waals surface area contributed by atoms with Crippen molar-refractivity contribution in [2.45, 2.75) is 24.3 Å². The van der Waals surface area contributed by atoms with Gasteiger partial charge in [0.25, 0.3) is 11.8 Å². The van der Waals surface area contributed by atoms with Gasteiger partial charge in [-0.3, -0.25) is 19.3 Å². The predicted molar refractivity (Wildman–Crippen MR) is 99.4 cm³/mol. The Morgan fingerprint density at radius 1 is 1.04 bits per heavy atom. The first-order chi connectivity index (χ1) is 13.2. The van der Waals surface area contributed by atoms with Crippen molar-refractivity contribution in [1.82, 2.24) is 9.62 Å². The van der Waals surface area contributed by atoms with Gasteiger partial charge >= 0.3 is 5.97 Å². The molecule has 0 unspecified atom stereocenters. The molecular formula is C19H18N2O6S. The van der Waals surface area contributed by atoms with Crippen molar-refractivity contribution < 1.29 is 27.9 Å². The zero-order valence-electron chi connectivity index (χ0n) is 15.0. The second-order valence-electron chi connectivity index (χ2n) is 6.42. The summed E-state index contributed by atoms with van der Waals surface area (Å²) < 4.78 is 27.0. The minimum absolute atomic E-state index is 0.0647. The Bertz CT molecular complexity index is 1010. The number of amides is 2. The van der Waals surface area contributed by atoms with Crippen LogP contribution in [-0.4, -0.2) is 48.8 Å². The molecule has 1 aliphatic heterocycles. The molecule has 0 aromatic heterocycles. The molecule has 0 aliphatic carbocycles. The number of carboxylic acid groups (broad SMARTS) is 1. The van der Waals surface area contributed by atoms with E-state index in [0.717, 1.165) is 10.5 Å². The van der Waals surface area contributed by atoms with Crippen LogP contribution in [0.5, 0.6) is 0 Å². The Hall–Kier alpha value is -3.04. The van der Waals surface area contributed by atoms with E-state index in [9.17, 15) is 27.9 Å². The molecule has 3 rings (SSSR count). The largest absolute Gasteiger partial charge is 0.480 e. The van der Waals surface area contributed by atoms with E-state index in [1.54, 1.807) is 31.2 Å². The molecule has 1 aliphatic rings. The van der Waals surface area contributed by atoms with Gasteiger partial charge in [0.05, 0.1) is 16.0 Å². The maximum absolute atomic E-state index is 12.4. The summed E-state index contributed by atoms with van der Waals surface area (Å²) in [6.07, 6.45) is -0.258. The van der Waals surface area contributed by atoms with Crippen LogP contribution >= 0.6 is 0 Å². The Morgan fingerprint density at radius 2 is 1.57 bits per heavy atom. The van der Waals surface area contributed by atoms with Gasteiger partial charge in [-0.1, -0.05) is 29.8 Å². The number of carbonyl (C=O) groups excluding carboxylic acids is 2. The van der Waals surface area contributed by atoms with Crippen LogP contribution in [0.15, 0.2) is 53.4 Å². The Kier molecular flexibility index (Phi) is 5.30. The molecule has 8 nitrogen and oxygen atoms in total. The van der Waals surface area contributed by atoms with Crippen molar-refractivity contribution >= 4 is 27.8 Å². The van der Waals surface area contributed by atoms with Crippen LogP contribution in [0, 0.1) is 6.92 Å². The summed E-state index contributed by atoms with van der Waals surface area (Å²) in [7, 11) is -4.07. The molecule has 1 atom stereocenters. The molecule has 0 saturated heterocycles. The third kappa shape index (κ3) is 3.80. The maximum Gasteiger partial charge on any atom is 0.321 e. The molecule has 2 aromatic rings. The number of hydrogen-bond donors (Lipinski definition) is 2. The van der Waals surface area contributed by atoms with E-state index in [1.807, 2.05) is 0 Å². The normalized spacial score (nSPS) is 14.8. The summed E-state index contributed by atoms with van der Waals surface area (Å²) in [5.74, 6) is -2.44. The number of carbonyl (C=O) groups is 3. The lowest BCUT2D eigenvalue weighted by atomic mass is 10.1. The molecule has 9 heteroatoms. The number of carboxylic acids is 1. The first kappa shape index (κ1) is 19.7. The highest BCUT2D eigenvalue weighted by Crippen LogP contribution is 2.23. The average Bonchev–Trinajstić information content (AvgIpc) is 2.90. The Balaban J connectivity index is 1.73. The summed E-state index contributed by atoms with van der Waals surface area (Å²) >= 11 is 0. The standard InChI is InChI=1S/C19H18N2O6S/c1-12-6-8-13(9-7-12)28(26,27)20-16(19(24)25)10-11-21-17(22)14-4-2-3-5-15(14)18(21)23/h2-9,16,20H,10-11H2,1H3,(H,24,25)/t16-/m0/s1. The van der Waals surface area contributed by atoms with Crippen molar-refractivity contribution in [3.05, 3.63) is 65.2 Å². The molecule has 0 bridgehead atoms. The third-order valence-corrected chi connectivity index (χ3v) is 5.93. The van der Waals surface area contributed by atoms with E-state index in [4.69, 9.17) is 0 Å². The van der Waals surface area contributed by atoms with Gasteiger partial charge in [0.1, 0.15) is 6.04 Å². The molecule has 1 heterocycles. The fourth-order valence-corrected chi connectivity index (χ4v) is 4.13. The fraction of sp³-hybridized carbons (Fsp3) is 0.211. The highest BCUT2D eigenvalue weighted by atomic mass is 32.2. The van der Waals surface area contributed by atoms with Crippen LogP contribution in [0.4, 0.5) is 0 Å². The van der Waals surface area contributed by atoms with E-state index < -0.39 is 33.8 Å². The van der Waals surface area contributed by atoms with E-state index in [-0.39, 0.29) is 29.0 Å². The SMILES string of the molecule is Cc1ccc(S(=O)(=O)N[C@@H](CCN2C(=O)c3ccccc3C2=O)C(=O)O)cc1. The first-order valence-electron chi connectivity index (χ1n) is 8.48. The number of imide groups is 1. The van der Waals surface area contributed by atoms with Crippen LogP contribution < -0.4 is 4.72 Å². The van der Waals surface area contributed by atoms with Crippen molar-refractivity contribution in [1.29, 1.82) is 0 Å². The number of aliphatic carboxylic acids is 1. The highest BCUT2D eigenvalue weighted by molar-refractivity contribution is 7.89. The van der Waals surface area contributed by atoms with Crippen LogP contribution in [0.2, 0.25) is 0 Å². The number of fused-ring (bicyclic) bond motifs is 1. The number of aryl methyl sites for hydroxylation is 1. The minimum Gasteiger partial charge on any atom is -0.480 e. The monoisotopic (exact) mass is 402 g/mol. The lowest BCUT2D eigenvalue weighted by Crippen LogP contribution is -2.43. The Labute approximate surface area is 161 Å². The van der Waals surface area contributed by atoms with Gasteiger partial charge < -0.3 is 5.11 Å². The first-order valence-corrected chi connectivity index (χ1v) is 9.96. The van der Waals surface area contributed by atoms with Crippen molar-refractivity contribution in [2.24, 2.45) is 0 Å². The van der Waals surface area contributed by atoms with Crippen molar-refractivity contribution in [2.75, 3.05) is 6.54 Å². The van der Waals surface area contributed by atoms with E-state index >= 15 is 0 Å². The van der Waals surface area contributed by atoms with Crippen LogP contribution in [0.3, 0.4) is 0 Å². The molecule has 146 valence electrons. The predicted octanol–water partition coefficient (Wildman–Crippen LogP) is 1.41. The number of hydrogen-bond acceptors (Lipinski definition) is 5. The van der Waals surface area contributed by atoms with Gasteiger partial charge in [-0.2, -0.15) is 4.72 Å². The summed E-state index contributed by atoms with van der Waals surface area (Å²) in [5, 5.41) is 9.39. The van der Waals surface area contributed by atoms with Crippen molar-refractivity contribution in [3.63, 3.8) is 0 Å². The van der Waals surface area contributed by atoms with Crippen LogP contribution in [0.1, 0.15) is 32.7 Å². The Morgan fingerprint density at radius 3 is 2.07 bits per heavy atom. The molecule has 2 aromatic carbocycles. The second-order valence-corrected chi connectivity index (χ2v) is 8.14. The number of nitrogens with zero attached hydrogens (tertiary/aromatic N) is 1. The topological polar surface area (TPSA) is 121 Å². The fourth-order valence-electron chi connectivity index (χ4n) is 2.91. The zero-order chi connectivity index (χ0) is 20.5. The van der Waals surface area contributed by atoms with Gasteiger partial charge in [-0.15, -0.1) is 0 Å². The van der Waals surface area contributed by atoms with Crippen LogP contribution in [0.25, 0.3) is 0 Å². The van der Waals surface area contributed by atoms with E-state index in [1.165, 1.54) is 24.3 Å².